The second-order valence-corrected chi connectivity index (χ2v) is 6.27. The van der Waals surface area contributed by atoms with Crippen molar-refractivity contribution in [3.8, 4) is 0 Å². The smallest absolute Gasteiger partial charge is 0.383 e. The second-order valence-electron chi connectivity index (χ2n) is 6.27. The minimum atomic E-state index is -4.38. The summed E-state index contributed by atoms with van der Waals surface area (Å²) in [7, 11) is 0. The van der Waals surface area contributed by atoms with Crippen molar-refractivity contribution in [3.05, 3.63) is 46.6 Å². The molecule has 1 aromatic carbocycles. The van der Waals surface area contributed by atoms with Gasteiger partial charge < -0.3 is 11.5 Å². The van der Waals surface area contributed by atoms with Crippen molar-refractivity contribution in [2.75, 3.05) is 5.73 Å². The molecule has 1 heterocycles. The number of carbonyl (C=O) groups excluding carboxylic acids is 1. The number of primary amides is 1. The maximum absolute atomic E-state index is 12.8. The van der Waals surface area contributed by atoms with Crippen LogP contribution in [-0.2, 0) is 12.6 Å². The Balaban J connectivity index is 2.05. The van der Waals surface area contributed by atoms with Gasteiger partial charge in [0.05, 0.1) is 17.3 Å². The largest absolute Gasteiger partial charge is 0.416 e. The van der Waals surface area contributed by atoms with Gasteiger partial charge in [0.25, 0.3) is 5.91 Å². The van der Waals surface area contributed by atoms with Crippen molar-refractivity contribution in [1.29, 1.82) is 0 Å². The topological polar surface area (TPSA) is 86.9 Å². The summed E-state index contributed by atoms with van der Waals surface area (Å²) >= 11 is 0. The zero-order valence-corrected chi connectivity index (χ0v) is 13.7. The molecule has 1 aliphatic rings. The normalized spacial score (nSPS) is 16.0. The number of aryl methyl sites for hydroxylation is 1. The molecule has 1 saturated carbocycles. The average molecular weight is 352 g/mol. The molecule has 1 atom stereocenters. The van der Waals surface area contributed by atoms with E-state index in [0.29, 0.717) is 17.7 Å². The molecule has 0 saturated heterocycles. The van der Waals surface area contributed by atoms with Gasteiger partial charge in [-0.1, -0.05) is 19.1 Å². The van der Waals surface area contributed by atoms with Gasteiger partial charge in [0.15, 0.2) is 0 Å². The minimum absolute atomic E-state index is 0.168. The maximum Gasteiger partial charge on any atom is 0.416 e. The number of anilines is 1. The SMILES string of the molecule is CCc1nn(C(c2ccc(C(F)(F)F)cc2)C2CC2)c(N)c1C(N)=O. The van der Waals surface area contributed by atoms with Crippen molar-refractivity contribution < 1.29 is 18.0 Å². The summed E-state index contributed by atoms with van der Waals surface area (Å²) in [5.41, 5.74) is 12.2. The number of hydrogen-bond acceptors (Lipinski definition) is 3. The fourth-order valence-electron chi connectivity index (χ4n) is 3.12. The van der Waals surface area contributed by atoms with Crippen LogP contribution < -0.4 is 11.5 Å². The van der Waals surface area contributed by atoms with Crippen LogP contribution in [-0.4, -0.2) is 15.7 Å². The van der Waals surface area contributed by atoms with Gasteiger partial charge in [-0.05, 0) is 42.9 Å². The van der Waals surface area contributed by atoms with E-state index in [4.69, 9.17) is 11.5 Å². The molecule has 5 nitrogen and oxygen atoms in total. The van der Waals surface area contributed by atoms with E-state index in [1.165, 1.54) is 12.1 Å². The molecule has 0 aliphatic heterocycles. The first kappa shape index (κ1) is 17.3. The molecule has 0 bridgehead atoms. The molecule has 1 amide bonds. The van der Waals surface area contributed by atoms with Crippen LogP contribution in [0, 0.1) is 5.92 Å². The number of hydrogen-bond donors (Lipinski definition) is 2. The fraction of sp³-hybridized carbons (Fsp3) is 0.412. The van der Waals surface area contributed by atoms with E-state index >= 15 is 0 Å². The lowest BCUT2D eigenvalue weighted by Crippen LogP contribution is -2.19. The predicted molar refractivity (Wildman–Crippen MR) is 86.8 cm³/mol. The quantitative estimate of drug-likeness (QED) is 0.867. The number of rotatable bonds is 5. The summed E-state index contributed by atoms with van der Waals surface area (Å²) in [5, 5.41) is 4.43. The molecular formula is C17H19F3N4O. The van der Waals surface area contributed by atoms with Crippen LogP contribution in [0.15, 0.2) is 24.3 Å². The van der Waals surface area contributed by atoms with E-state index < -0.39 is 17.6 Å². The molecule has 0 spiro atoms. The Labute approximate surface area is 142 Å². The van der Waals surface area contributed by atoms with E-state index in [2.05, 4.69) is 5.10 Å². The number of benzene rings is 1. The molecule has 1 unspecified atom stereocenters. The highest BCUT2D eigenvalue weighted by molar-refractivity contribution is 5.98. The standard InChI is InChI=1S/C17H19F3N4O/c1-2-12-13(16(22)25)15(21)24(23-12)14(9-3-4-9)10-5-7-11(8-6-10)17(18,19)20/h5-9,14H,2-4,21H2,1H3,(H2,22,25). The molecule has 4 N–H and O–H groups in total. The molecule has 1 fully saturated rings. The highest BCUT2D eigenvalue weighted by atomic mass is 19.4. The molecule has 0 radical (unpaired) electrons. The fourth-order valence-corrected chi connectivity index (χ4v) is 3.12. The Morgan fingerprint density at radius 3 is 2.32 bits per heavy atom. The molecule has 25 heavy (non-hydrogen) atoms. The Morgan fingerprint density at radius 1 is 1.32 bits per heavy atom. The number of nitrogens with two attached hydrogens (primary N) is 2. The van der Waals surface area contributed by atoms with Gasteiger partial charge in [-0.25, -0.2) is 4.68 Å². The summed E-state index contributed by atoms with van der Waals surface area (Å²) in [6.07, 6.45) is -2.04. The van der Waals surface area contributed by atoms with E-state index in [1.807, 2.05) is 6.92 Å². The van der Waals surface area contributed by atoms with Crippen LogP contribution in [0.5, 0.6) is 0 Å². The van der Waals surface area contributed by atoms with Gasteiger partial charge in [0.1, 0.15) is 11.4 Å². The van der Waals surface area contributed by atoms with E-state index in [-0.39, 0.29) is 23.3 Å². The third-order valence-corrected chi connectivity index (χ3v) is 4.51. The number of alkyl halides is 3. The second kappa shape index (κ2) is 6.09. The van der Waals surface area contributed by atoms with Crippen molar-refractivity contribution >= 4 is 11.7 Å². The first-order chi connectivity index (χ1) is 11.7. The lowest BCUT2D eigenvalue weighted by Gasteiger charge is -2.20. The Kier molecular flexibility index (Phi) is 4.22. The molecule has 3 rings (SSSR count). The number of carbonyl (C=O) groups is 1. The Morgan fingerprint density at radius 2 is 1.92 bits per heavy atom. The molecule has 2 aromatic rings. The zero-order valence-electron chi connectivity index (χ0n) is 13.7. The molecule has 1 aromatic heterocycles. The summed E-state index contributed by atoms with van der Waals surface area (Å²) < 4.78 is 39.9. The lowest BCUT2D eigenvalue weighted by atomic mass is 10.0. The van der Waals surface area contributed by atoms with Crippen LogP contribution >= 0.6 is 0 Å². The molecular weight excluding hydrogens is 333 g/mol. The maximum atomic E-state index is 12.8. The van der Waals surface area contributed by atoms with Crippen molar-refractivity contribution in [2.24, 2.45) is 11.7 Å². The number of halogens is 3. The van der Waals surface area contributed by atoms with Crippen LogP contribution in [0.2, 0.25) is 0 Å². The summed E-state index contributed by atoms with van der Waals surface area (Å²) in [4.78, 5) is 11.7. The first-order valence-corrected chi connectivity index (χ1v) is 8.07. The summed E-state index contributed by atoms with van der Waals surface area (Å²) in [6.45, 7) is 1.84. The van der Waals surface area contributed by atoms with E-state index in [9.17, 15) is 18.0 Å². The number of aromatic nitrogens is 2. The van der Waals surface area contributed by atoms with Crippen molar-refractivity contribution in [2.45, 2.75) is 38.4 Å². The summed E-state index contributed by atoms with van der Waals surface area (Å²) in [5.74, 6) is -0.256. The average Bonchev–Trinajstić information content (AvgIpc) is 3.31. The van der Waals surface area contributed by atoms with Gasteiger partial charge in [-0.2, -0.15) is 18.3 Å². The number of nitrogen functional groups attached to an aromatic ring is 1. The van der Waals surface area contributed by atoms with Crippen molar-refractivity contribution in [1.82, 2.24) is 9.78 Å². The third kappa shape index (κ3) is 3.20. The lowest BCUT2D eigenvalue weighted by molar-refractivity contribution is -0.137. The van der Waals surface area contributed by atoms with Crippen LogP contribution in [0.25, 0.3) is 0 Å². The van der Waals surface area contributed by atoms with Crippen LogP contribution in [0.4, 0.5) is 19.0 Å². The summed E-state index contributed by atoms with van der Waals surface area (Å²) in [6, 6.07) is 4.70. The van der Waals surface area contributed by atoms with Crippen molar-refractivity contribution in [3.63, 3.8) is 0 Å². The predicted octanol–water partition coefficient (Wildman–Crippen LogP) is 3.14. The Hall–Kier alpha value is -2.51. The molecule has 134 valence electrons. The zero-order chi connectivity index (χ0) is 18.4. The third-order valence-electron chi connectivity index (χ3n) is 4.51. The van der Waals surface area contributed by atoms with Gasteiger partial charge >= 0.3 is 6.18 Å². The molecule has 8 heteroatoms. The Bertz CT molecular complexity index is 791. The first-order valence-electron chi connectivity index (χ1n) is 8.07. The minimum Gasteiger partial charge on any atom is -0.383 e. The molecule has 1 aliphatic carbocycles. The van der Waals surface area contributed by atoms with Gasteiger partial charge in [-0.15, -0.1) is 0 Å². The highest BCUT2D eigenvalue weighted by Crippen LogP contribution is 2.45. The van der Waals surface area contributed by atoms with E-state index in [0.717, 1.165) is 25.0 Å². The van der Waals surface area contributed by atoms with Crippen LogP contribution in [0.3, 0.4) is 0 Å². The van der Waals surface area contributed by atoms with Gasteiger partial charge in [0, 0.05) is 0 Å². The number of nitrogens with zero attached hydrogens (tertiary/aromatic N) is 2. The van der Waals surface area contributed by atoms with Gasteiger partial charge in [0.2, 0.25) is 0 Å². The van der Waals surface area contributed by atoms with Crippen LogP contribution in [0.1, 0.15) is 53.0 Å². The van der Waals surface area contributed by atoms with Gasteiger partial charge in [-0.3, -0.25) is 4.79 Å². The monoisotopic (exact) mass is 352 g/mol. The highest BCUT2D eigenvalue weighted by Gasteiger charge is 2.37. The van der Waals surface area contributed by atoms with E-state index in [1.54, 1.807) is 4.68 Å². The number of amides is 1.